The lowest BCUT2D eigenvalue weighted by molar-refractivity contribution is 0.188. The Morgan fingerprint density at radius 2 is 0.882 bits per heavy atom. The second kappa shape index (κ2) is 9.89. The van der Waals surface area contributed by atoms with Gasteiger partial charge in [-0.3, -0.25) is 0 Å². The molecule has 0 saturated heterocycles. The fourth-order valence-electron chi connectivity index (χ4n) is 3.80. The molecule has 0 spiro atoms. The van der Waals surface area contributed by atoms with E-state index < -0.39 is 0 Å². The molecule has 190 valence electrons. The zero-order valence-electron chi connectivity index (χ0n) is 22.4. The third kappa shape index (κ3) is 6.60. The summed E-state index contributed by atoms with van der Waals surface area (Å²) in [6, 6.07) is 7.29. The van der Waals surface area contributed by atoms with Gasteiger partial charge < -0.3 is 20.8 Å². The molecule has 0 saturated carbocycles. The molecule has 2 aromatic rings. The molecule has 4 N–H and O–H groups in total. The van der Waals surface area contributed by atoms with Crippen LogP contribution in [-0.2, 0) is 23.9 Å². The number of rotatable bonds is 7. The molecule has 2 aromatic carbocycles. The largest absolute Gasteiger partial charge is 0.507 e. The van der Waals surface area contributed by atoms with Crippen LogP contribution in [-0.4, -0.2) is 21.3 Å². The number of halogens is 2. The van der Waals surface area contributed by atoms with Crippen LogP contribution in [0.5, 0.6) is 11.5 Å². The van der Waals surface area contributed by atoms with Crippen molar-refractivity contribution in [1.82, 2.24) is 10.6 Å². The van der Waals surface area contributed by atoms with Crippen molar-refractivity contribution in [2.75, 3.05) is 0 Å². The predicted molar refractivity (Wildman–Crippen MR) is 145 cm³/mol. The van der Waals surface area contributed by atoms with Gasteiger partial charge in [0.1, 0.15) is 11.5 Å². The molecular formula is C28H42Cl2N2O2. The number of nitrogens with one attached hydrogen (secondary N) is 2. The number of phenols is 2. The first-order valence-electron chi connectivity index (χ1n) is 11.8. The monoisotopic (exact) mass is 508 g/mol. The van der Waals surface area contributed by atoms with Crippen LogP contribution in [0.25, 0.3) is 0 Å². The van der Waals surface area contributed by atoms with E-state index in [-0.39, 0.29) is 33.4 Å². The first kappa shape index (κ1) is 28.8. The van der Waals surface area contributed by atoms with Crippen LogP contribution in [0.2, 0.25) is 10.0 Å². The first-order chi connectivity index (χ1) is 15.3. The van der Waals surface area contributed by atoms with Gasteiger partial charge in [0.05, 0.1) is 0 Å². The zero-order valence-corrected chi connectivity index (χ0v) is 23.9. The molecule has 4 nitrogen and oxygen atoms in total. The second-order valence-corrected chi connectivity index (χ2v) is 13.3. The number of phenolic OH excluding ortho intramolecular Hbond substituents is 2. The van der Waals surface area contributed by atoms with Crippen molar-refractivity contribution in [2.24, 2.45) is 0 Å². The van der Waals surface area contributed by atoms with Crippen molar-refractivity contribution < 1.29 is 10.2 Å². The highest BCUT2D eigenvalue weighted by Crippen LogP contribution is 2.38. The maximum atomic E-state index is 10.9. The van der Waals surface area contributed by atoms with Gasteiger partial charge in [-0.1, -0.05) is 64.7 Å². The van der Waals surface area contributed by atoms with E-state index in [1.807, 2.05) is 24.3 Å². The van der Waals surface area contributed by atoms with Crippen LogP contribution in [0.15, 0.2) is 24.3 Å². The molecule has 0 aromatic heterocycles. The van der Waals surface area contributed by atoms with E-state index in [9.17, 15) is 10.2 Å². The summed E-state index contributed by atoms with van der Waals surface area (Å²) in [4.78, 5) is 0. The molecule has 2 rings (SSSR count). The molecular weight excluding hydrogens is 467 g/mol. The summed E-state index contributed by atoms with van der Waals surface area (Å²) in [5.41, 5.74) is 2.02. The van der Waals surface area contributed by atoms with Crippen molar-refractivity contribution in [2.45, 2.75) is 104 Å². The van der Waals surface area contributed by atoms with E-state index in [2.05, 4.69) is 79.9 Å². The number of benzene rings is 2. The lowest BCUT2D eigenvalue weighted by atomic mass is 9.81. The Labute approximate surface area is 216 Å². The molecule has 0 radical (unpaired) electrons. The van der Waals surface area contributed by atoms with Gasteiger partial charge in [0.15, 0.2) is 0 Å². The Morgan fingerprint density at radius 1 is 0.588 bits per heavy atom. The fraction of sp³-hybridized carbons (Fsp3) is 0.571. The molecule has 0 aliphatic rings. The second-order valence-electron chi connectivity index (χ2n) is 12.4. The van der Waals surface area contributed by atoms with Crippen molar-refractivity contribution in [3.63, 3.8) is 0 Å². The van der Waals surface area contributed by atoms with Crippen LogP contribution in [0.1, 0.15) is 91.5 Å². The standard InChI is InChI=1S/C28H42Cl2N2O2/c1-25(2,3)21-13-19(29)11-17(23(21)33)15-31-27(7,8)28(9,10)32-16-18-12-20(30)14-22(24(18)34)26(4,5)6/h11-14,31-34H,15-16H2,1-10H3. The predicted octanol–water partition coefficient (Wildman–Crippen LogP) is 7.44. The maximum absolute atomic E-state index is 10.9. The maximum Gasteiger partial charge on any atom is 0.123 e. The molecule has 34 heavy (non-hydrogen) atoms. The van der Waals surface area contributed by atoms with Crippen LogP contribution in [0.3, 0.4) is 0 Å². The van der Waals surface area contributed by atoms with Gasteiger partial charge in [0.25, 0.3) is 0 Å². The van der Waals surface area contributed by atoms with E-state index >= 15 is 0 Å². The summed E-state index contributed by atoms with van der Waals surface area (Å²) in [7, 11) is 0. The minimum Gasteiger partial charge on any atom is -0.507 e. The van der Waals surface area contributed by atoms with Gasteiger partial charge in [-0.15, -0.1) is 0 Å². The zero-order chi connectivity index (χ0) is 26.3. The Kier molecular flexibility index (Phi) is 8.37. The van der Waals surface area contributed by atoms with Crippen LogP contribution in [0.4, 0.5) is 0 Å². The van der Waals surface area contributed by atoms with Gasteiger partial charge in [-0.25, -0.2) is 0 Å². The van der Waals surface area contributed by atoms with Crippen LogP contribution >= 0.6 is 23.2 Å². The Bertz CT molecular complexity index is 949. The van der Waals surface area contributed by atoms with Gasteiger partial charge in [-0.2, -0.15) is 0 Å². The highest BCUT2D eigenvalue weighted by molar-refractivity contribution is 6.31. The van der Waals surface area contributed by atoms with E-state index in [4.69, 9.17) is 23.2 Å². The van der Waals surface area contributed by atoms with Crippen LogP contribution in [0, 0.1) is 0 Å². The average Bonchev–Trinajstić information content (AvgIpc) is 2.66. The van der Waals surface area contributed by atoms with Crippen molar-refractivity contribution in [3.05, 3.63) is 56.6 Å². The van der Waals surface area contributed by atoms with Crippen molar-refractivity contribution >= 4 is 23.2 Å². The van der Waals surface area contributed by atoms with E-state index in [1.165, 1.54) is 0 Å². The lowest BCUT2D eigenvalue weighted by Crippen LogP contribution is -2.62. The van der Waals surface area contributed by atoms with Crippen molar-refractivity contribution in [1.29, 1.82) is 0 Å². The molecule has 6 heteroatoms. The average molecular weight is 510 g/mol. The smallest absolute Gasteiger partial charge is 0.123 e. The molecule has 0 amide bonds. The van der Waals surface area contributed by atoms with Gasteiger partial charge in [-0.05, 0) is 62.8 Å². The Balaban J connectivity index is 2.22. The number of aromatic hydroxyl groups is 2. The minimum absolute atomic E-state index is 0.217. The molecule has 0 aliphatic heterocycles. The summed E-state index contributed by atoms with van der Waals surface area (Å²) in [5, 5.41) is 30.2. The van der Waals surface area contributed by atoms with Gasteiger partial charge in [0.2, 0.25) is 0 Å². The molecule has 0 heterocycles. The third-order valence-corrected chi connectivity index (χ3v) is 7.36. The quantitative estimate of drug-likeness (QED) is 0.313. The topological polar surface area (TPSA) is 64.5 Å². The molecule has 0 bridgehead atoms. The molecule has 0 fully saturated rings. The number of hydrogen-bond acceptors (Lipinski definition) is 4. The summed E-state index contributed by atoms with van der Waals surface area (Å²) in [6.45, 7) is 21.7. The Morgan fingerprint density at radius 3 is 1.15 bits per heavy atom. The third-order valence-electron chi connectivity index (χ3n) is 6.93. The highest BCUT2D eigenvalue weighted by Gasteiger charge is 2.37. The van der Waals surface area contributed by atoms with Crippen LogP contribution < -0.4 is 10.6 Å². The molecule has 0 unspecified atom stereocenters. The minimum atomic E-state index is -0.370. The lowest BCUT2D eigenvalue weighted by Gasteiger charge is -2.43. The summed E-state index contributed by atoms with van der Waals surface area (Å²) < 4.78 is 0. The van der Waals surface area contributed by atoms with E-state index in [0.717, 1.165) is 22.3 Å². The summed E-state index contributed by atoms with van der Waals surface area (Å²) >= 11 is 12.7. The molecule has 0 atom stereocenters. The SMILES string of the molecule is CC(C)(C)c1cc(Cl)cc(CNC(C)(C)C(C)(C)NCc2cc(Cl)cc(C(C)(C)C)c2O)c1O. The number of hydrogen-bond donors (Lipinski definition) is 4. The van der Waals surface area contributed by atoms with E-state index in [0.29, 0.717) is 23.1 Å². The highest BCUT2D eigenvalue weighted by atomic mass is 35.5. The summed E-state index contributed by atoms with van der Waals surface area (Å²) in [5.74, 6) is 0.564. The Hall–Kier alpha value is -1.46. The summed E-state index contributed by atoms with van der Waals surface area (Å²) in [6.07, 6.45) is 0. The van der Waals surface area contributed by atoms with E-state index in [1.54, 1.807) is 0 Å². The van der Waals surface area contributed by atoms with Crippen molar-refractivity contribution in [3.8, 4) is 11.5 Å². The van der Waals surface area contributed by atoms with Gasteiger partial charge in [0, 0.05) is 56.5 Å². The van der Waals surface area contributed by atoms with Gasteiger partial charge >= 0.3 is 0 Å². The fourth-order valence-corrected chi connectivity index (χ4v) is 4.28. The first-order valence-corrected chi connectivity index (χ1v) is 12.6. The molecule has 0 aliphatic carbocycles. The normalized spacial score (nSPS) is 13.4.